The van der Waals surface area contributed by atoms with Gasteiger partial charge in [0, 0.05) is 0 Å². The second kappa shape index (κ2) is 6.71. The summed E-state index contributed by atoms with van der Waals surface area (Å²) in [4.78, 5) is 0.0390. The van der Waals surface area contributed by atoms with Gasteiger partial charge in [0.05, 0.1) is 18.4 Å². The van der Waals surface area contributed by atoms with Gasteiger partial charge in [0.25, 0.3) is 10.0 Å². The first-order valence-electron chi connectivity index (χ1n) is 7.09. The molecule has 2 aromatic rings. The molecule has 0 aliphatic heterocycles. The Morgan fingerprint density at radius 1 is 1.17 bits per heavy atom. The lowest BCUT2D eigenvalue weighted by molar-refractivity contribution is 0.402. The third-order valence-electron chi connectivity index (χ3n) is 3.44. The molecular formula is C17H18N2O3S. The summed E-state index contributed by atoms with van der Waals surface area (Å²) in [6.07, 6.45) is 0. The van der Waals surface area contributed by atoms with Crippen LogP contribution in [0.1, 0.15) is 30.9 Å². The van der Waals surface area contributed by atoms with Gasteiger partial charge in [-0.05, 0) is 35.7 Å². The molecule has 0 amide bonds. The molecule has 120 valence electrons. The first-order valence-corrected chi connectivity index (χ1v) is 8.57. The third kappa shape index (κ3) is 3.63. The summed E-state index contributed by atoms with van der Waals surface area (Å²) in [5.74, 6) is 0.533. The highest BCUT2D eigenvalue weighted by Gasteiger charge is 2.21. The van der Waals surface area contributed by atoms with E-state index in [9.17, 15) is 8.42 Å². The molecule has 0 saturated heterocycles. The zero-order valence-corrected chi connectivity index (χ0v) is 14.0. The monoisotopic (exact) mass is 330 g/mol. The van der Waals surface area contributed by atoms with E-state index < -0.39 is 10.0 Å². The molecule has 0 aliphatic carbocycles. The predicted molar refractivity (Wildman–Crippen MR) is 89.0 cm³/mol. The maximum absolute atomic E-state index is 12.6. The smallest absolute Gasteiger partial charge is 0.265 e. The van der Waals surface area contributed by atoms with E-state index in [1.54, 1.807) is 36.4 Å². The van der Waals surface area contributed by atoms with Crippen LogP contribution in [0.2, 0.25) is 0 Å². The minimum Gasteiger partial charge on any atom is -0.495 e. The van der Waals surface area contributed by atoms with Crippen LogP contribution in [0.4, 0.5) is 5.69 Å². The number of nitrogens with zero attached hydrogens (tertiary/aromatic N) is 1. The molecule has 0 aliphatic rings. The lowest BCUT2D eigenvalue weighted by atomic mass is 10.0. The van der Waals surface area contributed by atoms with Gasteiger partial charge < -0.3 is 4.74 Å². The molecule has 0 atom stereocenters. The average Bonchev–Trinajstić information content (AvgIpc) is 2.54. The Labute approximate surface area is 136 Å². The Morgan fingerprint density at radius 3 is 2.48 bits per heavy atom. The highest BCUT2D eigenvalue weighted by molar-refractivity contribution is 7.92. The maximum Gasteiger partial charge on any atom is 0.265 e. The van der Waals surface area contributed by atoms with Crippen LogP contribution in [0.3, 0.4) is 0 Å². The number of hydrogen-bond donors (Lipinski definition) is 1. The van der Waals surface area contributed by atoms with E-state index in [-0.39, 0.29) is 27.8 Å². The number of nitrogens with one attached hydrogen (secondary N) is 1. The summed E-state index contributed by atoms with van der Waals surface area (Å²) in [6, 6.07) is 13.4. The fraction of sp³-hybridized carbons (Fsp3) is 0.235. The molecule has 0 saturated carbocycles. The fourth-order valence-corrected chi connectivity index (χ4v) is 3.37. The topological polar surface area (TPSA) is 79.2 Å². The summed E-state index contributed by atoms with van der Waals surface area (Å²) >= 11 is 0. The maximum atomic E-state index is 12.6. The second-order valence-electron chi connectivity index (χ2n) is 5.33. The van der Waals surface area contributed by atoms with Crippen LogP contribution in [-0.4, -0.2) is 15.5 Å². The number of hydrogen-bond acceptors (Lipinski definition) is 4. The van der Waals surface area contributed by atoms with E-state index in [1.165, 1.54) is 13.2 Å². The average molecular weight is 330 g/mol. The van der Waals surface area contributed by atoms with Gasteiger partial charge in [-0.25, -0.2) is 8.42 Å². The van der Waals surface area contributed by atoms with E-state index in [2.05, 4.69) is 4.72 Å². The van der Waals surface area contributed by atoms with E-state index in [4.69, 9.17) is 10.00 Å². The predicted octanol–water partition coefficient (Wildman–Crippen LogP) is 3.49. The highest BCUT2D eigenvalue weighted by Crippen LogP contribution is 2.30. The van der Waals surface area contributed by atoms with Crippen LogP contribution >= 0.6 is 0 Å². The van der Waals surface area contributed by atoms with Gasteiger partial charge in [-0.15, -0.1) is 0 Å². The van der Waals surface area contributed by atoms with Crippen LogP contribution in [-0.2, 0) is 10.0 Å². The van der Waals surface area contributed by atoms with Gasteiger partial charge in [0.15, 0.2) is 0 Å². The first-order chi connectivity index (χ1) is 10.9. The Morgan fingerprint density at radius 2 is 1.87 bits per heavy atom. The molecule has 0 heterocycles. The Balaban J connectivity index is 2.46. The van der Waals surface area contributed by atoms with Crippen molar-refractivity contribution in [3.05, 3.63) is 53.6 Å². The van der Waals surface area contributed by atoms with Gasteiger partial charge in [0.1, 0.15) is 16.7 Å². The van der Waals surface area contributed by atoms with Gasteiger partial charge in [-0.1, -0.05) is 32.0 Å². The molecule has 0 unspecified atom stereocenters. The van der Waals surface area contributed by atoms with Crippen LogP contribution in [0.25, 0.3) is 0 Å². The molecule has 0 radical (unpaired) electrons. The Bertz CT molecular complexity index is 852. The largest absolute Gasteiger partial charge is 0.495 e. The molecule has 5 nitrogen and oxygen atoms in total. The molecular weight excluding hydrogens is 312 g/mol. The second-order valence-corrected chi connectivity index (χ2v) is 6.98. The van der Waals surface area contributed by atoms with Crippen molar-refractivity contribution in [2.24, 2.45) is 0 Å². The van der Waals surface area contributed by atoms with Crippen molar-refractivity contribution in [2.75, 3.05) is 11.8 Å². The van der Waals surface area contributed by atoms with E-state index in [1.807, 2.05) is 19.9 Å². The van der Waals surface area contributed by atoms with Crippen molar-refractivity contribution in [1.82, 2.24) is 0 Å². The van der Waals surface area contributed by atoms with Crippen LogP contribution in [0.15, 0.2) is 47.4 Å². The molecule has 2 aromatic carbocycles. The number of benzene rings is 2. The molecule has 0 spiro atoms. The fourth-order valence-electron chi connectivity index (χ4n) is 2.13. The third-order valence-corrected chi connectivity index (χ3v) is 4.84. The van der Waals surface area contributed by atoms with Gasteiger partial charge in [-0.2, -0.15) is 5.26 Å². The molecule has 0 bridgehead atoms. The Kier molecular flexibility index (Phi) is 4.92. The summed E-state index contributed by atoms with van der Waals surface area (Å²) < 4.78 is 32.9. The molecule has 2 rings (SSSR count). The zero-order chi connectivity index (χ0) is 17.0. The van der Waals surface area contributed by atoms with Crippen molar-refractivity contribution in [1.29, 1.82) is 5.26 Å². The first kappa shape index (κ1) is 16.8. The molecule has 1 N–H and O–H groups in total. The lowest BCUT2D eigenvalue weighted by Crippen LogP contribution is -2.15. The number of anilines is 1. The SMILES string of the molecule is COc1cc(C(C)C)ccc1S(=O)(=O)Nc1ccccc1C#N. The number of nitriles is 1. The number of sulfonamides is 1. The minimum absolute atomic E-state index is 0.0390. The number of para-hydroxylation sites is 1. The van der Waals surface area contributed by atoms with Crippen LogP contribution < -0.4 is 9.46 Å². The van der Waals surface area contributed by atoms with Crippen molar-refractivity contribution >= 4 is 15.7 Å². The normalized spacial score (nSPS) is 11.1. The zero-order valence-electron chi connectivity index (χ0n) is 13.2. The quantitative estimate of drug-likeness (QED) is 0.910. The Hall–Kier alpha value is -2.52. The van der Waals surface area contributed by atoms with E-state index in [0.717, 1.165) is 5.56 Å². The minimum atomic E-state index is -3.86. The van der Waals surface area contributed by atoms with Crippen molar-refractivity contribution < 1.29 is 13.2 Å². The molecule has 6 heteroatoms. The van der Waals surface area contributed by atoms with Gasteiger partial charge in [-0.3, -0.25) is 4.72 Å². The number of methoxy groups -OCH3 is 1. The lowest BCUT2D eigenvalue weighted by Gasteiger charge is -2.14. The summed E-state index contributed by atoms with van der Waals surface area (Å²) in [7, 11) is -2.43. The summed E-state index contributed by atoms with van der Waals surface area (Å²) in [5.41, 5.74) is 1.48. The number of rotatable bonds is 5. The summed E-state index contributed by atoms with van der Waals surface area (Å²) in [6.45, 7) is 4.04. The van der Waals surface area contributed by atoms with E-state index >= 15 is 0 Å². The van der Waals surface area contributed by atoms with E-state index in [0.29, 0.717) is 0 Å². The molecule has 0 fully saturated rings. The van der Waals surface area contributed by atoms with Gasteiger partial charge in [0.2, 0.25) is 0 Å². The highest BCUT2D eigenvalue weighted by atomic mass is 32.2. The van der Waals surface area contributed by atoms with Crippen molar-refractivity contribution in [2.45, 2.75) is 24.7 Å². The van der Waals surface area contributed by atoms with Gasteiger partial charge >= 0.3 is 0 Å². The van der Waals surface area contributed by atoms with Crippen LogP contribution in [0, 0.1) is 11.3 Å². The van der Waals surface area contributed by atoms with Crippen molar-refractivity contribution in [3.8, 4) is 11.8 Å². The number of ether oxygens (including phenoxy) is 1. The molecule has 0 aromatic heterocycles. The van der Waals surface area contributed by atoms with Crippen LogP contribution in [0.5, 0.6) is 5.75 Å². The van der Waals surface area contributed by atoms with Crippen molar-refractivity contribution in [3.63, 3.8) is 0 Å². The molecule has 23 heavy (non-hydrogen) atoms. The standard InChI is InChI=1S/C17H18N2O3S/c1-12(2)13-8-9-17(16(10-13)22-3)23(20,21)19-15-7-5-4-6-14(15)11-18/h4-10,12,19H,1-3H3. The summed E-state index contributed by atoms with van der Waals surface area (Å²) in [5, 5.41) is 9.07.